The highest BCUT2D eigenvalue weighted by Crippen LogP contribution is 2.27. The van der Waals surface area contributed by atoms with Gasteiger partial charge in [0.2, 0.25) is 15.9 Å². The van der Waals surface area contributed by atoms with E-state index in [1.165, 1.54) is 10.6 Å². The van der Waals surface area contributed by atoms with Crippen LogP contribution in [0.1, 0.15) is 25.7 Å². The Kier molecular flexibility index (Phi) is 6.60. The van der Waals surface area contributed by atoms with Crippen molar-refractivity contribution < 1.29 is 17.9 Å². The number of ether oxygens (including phenoxy) is 1. The largest absolute Gasteiger partial charge is 0.492 e. The first-order valence-corrected chi connectivity index (χ1v) is 11.5. The molecule has 3 rings (SSSR count). The van der Waals surface area contributed by atoms with Crippen molar-refractivity contribution in [2.24, 2.45) is 11.8 Å². The fourth-order valence-corrected chi connectivity index (χ4v) is 4.75. The van der Waals surface area contributed by atoms with Gasteiger partial charge in [-0.3, -0.25) is 9.78 Å². The molecule has 1 amide bonds. The van der Waals surface area contributed by atoms with Crippen LogP contribution in [0.4, 0.5) is 0 Å². The lowest BCUT2D eigenvalue weighted by atomic mass is 9.93. The van der Waals surface area contributed by atoms with Gasteiger partial charge in [-0.15, -0.1) is 0 Å². The Labute approximate surface area is 165 Å². The Balaban J connectivity index is 1.42. The van der Waals surface area contributed by atoms with Gasteiger partial charge in [0.25, 0.3) is 0 Å². The second-order valence-electron chi connectivity index (χ2n) is 7.32. The molecule has 0 bridgehead atoms. The van der Waals surface area contributed by atoms with Crippen LogP contribution in [0.5, 0.6) is 5.75 Å². The van der Waals surface area contributed by atoms with Gasteiger partial charge in [-0.25, -0.2) is 12.7 Å². The second-order valence-corrected chi connectivity index (χ2v) is 9.71. The van der Waals surface area contributed by atoms with E-state index in [1.54, 1.807) is 18.5 Å². The van der Waals surface area contributed by atoms with Gasteiger partial charge in [0.05, 0.1) is 12.9 Å². The monoisotopic (exact) mass is 415 g/mol. The molecule has 2 fully saturated rings. The Bertz CT molecular complexity index is 758. The molecule has 0 aromatic carbocycles. The van der Waals surface area contributed by atoms with Gasteiger partial charge < -0.3 is 9.64 Å². The molecule has 9 heteroatoms. The maximum absolute atomic E-state index is 12.7. The van der Waals surface area contributed by atoms with E-state index in [2.05, 4.69) is 4.98 Å². The summed E-state index contributed by atoms with van der Waals surface area (Å²) in [6.45, 7) is 2.91. The van der Waals surface area contributed by atoms with E-state index < -0.39 is 10.0 Å². The Morgan fingerprint density at radius 2 is 1.89 bits per heavy atom. The van der Waals surface area contributed by atoms with Crippen LogP contribution in [-0.4, -0.2) is 67.6 Å². The van der Waals surface area contributed by atoms with E-state index in [9.17, 15) is 13.2 Å². The molecule has 0 radical (unpaired) electrons. The molecule has 150 valence electrons. The number of carbonyl (C=O) groups is 1. The van der Waals surface area contributed by atoms with E-state index in [4.69, 9.17) is 16.3 Å². The lowest BCUT2D eigenvalue weighted by Gasteiger charge is -2.36. The average molecular weight is 416 g/mol. The normalized spacial score (nSPS) is 20.6. The highest BCUT2D eigenvalue weighted by Gasteiger charge is 2.33. The second kappa shape index (κ2) is 8.75. The lowest BCUT2D eigenvalue weighted by molar-refractivity contribution is -0.138. The number of nitrogens with zero attached hydrogens (tertiary/aromatic N) is 3. The van der Waals surface area contributed by atoms with Crippen molar-refractivity contribution in [1.29, 1.82) is 0 Å². The molecule has 3 heterocycles. The molecular weight excluding hydrogens is 390 g/mol. The van der Waals surface area contributed by atoms with Crippen molar-refractivity contribution in [3.8, 4) is 5.75 Å². The maximum atomic E-state index is 12.7. The van der Waals surface area contributed by atoms with Crippen LogP contribution in [0.25, 0.3) is 0 Å². The highest BCUT2D eigenvalue weighted by molar-refractivity contribution is 7.88. The first-order valence-electron chi connectivity index (χ1n) is 9.31. The molecule has 0 aliphatic carbocycles. The van der Waals surface area contributed by atoms with Crippen LogP contribution in [0, 0.1) is 11.8 Å². The molecule has 0 saturated carbocycles. The summed E-state index contributed by atoms with van der Waals surface area (Å²) in [6.07, 6.45) is 7.45. The summed E-state index contributed by atoms with van der Waals surface area (Å²) in [5.74, 6) is 1.14. The molecule has 0 N–H and O–H groups in total. The van der Waals surface area contributed by atoms with E-state index in [0.29, 0.717) is 49.2 Å². The topological polar surface area (TPSA) is 79.8 Å². The lowest BCUT2D eigenvalue weighted by Crippen LogP contribution is -2.46. The van der Waals surface area contributed by atoms with Crippen LogP contribution < -0.4 is 4.74 Å². The zero-order valence-corrected chi connectivity index (χ0v) is 17.1. The number of carbonyl (C=O) groups excluding carboxylic acids is 1. The average Bonchev–Trinajstić information content (AvgIpc) is 2.67. The molecule has 1 aromatic rings. The molecule has 27 heavy (non-hydrogen) atoms. The molecule has 2 aliphatic rings. The van der Waals surface area contributed by atoms with Crippen LogP contribution in [0.15, 0.2) is 18.5 Å². The SMILES string of the molecule is CS(=O)(=O)N1CCC(C(=O)N2CCC(COc3ccncc3Cl)CC2)CC1. The van der Waals surface area contributed by atoms with Gasteiger partial charge in [0.15, 0.2) is 0 Å². The quantitative estimate of drug-likeness (QED) is 0.735. The molecule has 2 aliphatic heterocycles. The van der Waals surface area contributed by atoms with Crippen molar-refractivity contribution in [3.63, 3.8) is 0 Å². The Morgan fingerprint density at radius 3 is 2.48 bits per heavy atom. The number of hydrogen-bond donors (Lipinski definition) is 0. The number of pyridine rings is 1. The number of aromatic nitrogens is 1. The number of sulfonamides is 1. The van der Waals surface area contributed by atoms with Gasteiger partial charge in [0.1, 0.15) is 10.8 Å². The van der Waals surface area contributed by atoms with E-state index >= 15 is 0 Å². The van der Waals surface area contributed by atoms with Crippen LogP contribution in [0.3, 0.4) is 0 Å². The van der Waals surface area contributed by atoms with Crippen molar-refractivity contribution in [1.82, 2.24) is 14.2 Å². The Hall–Kier alpha value is -1.38. The number of halogens is 1. The van der Waals surface area contributed by atoms with Crippen molar-refractivity contribution in [2.75, 3.05) is 39.0 Å². The van der Waals surface area contributed by atoms with Gasteiger partial charge in [-0.1, -0.05) is 11.6 Å². The number of likely N-dealkylation sites (tertiary alicyclic amines) is 1. The predicted octanol–water partition coefficient (Wildman–Crippen LogP) is 2.02. The zero-order valence-electron chi connectivity index (χ0n) is 15.5. The molecule has 2 saturated heterocycles. The third-order valence-electron chi connectivity index (χ3n) is 5.41. The van der Waals surface area contributed by atoms with Gasteiger partial charge in [-0.05, 0) is 31.6 Å². The van der Waals surface area contributed by atoms with Crippen molar-refractivity contribution in [2.45, 2.75) is 25.7 Å². The predicted molar refractivity (Wildman–Crippen MR) is 103 cm³/mol. The molecule has 0 spiro atoms. The summed E-state index contributed by atoms with van der Waals surface area (Å²) in [5.41, 5.74) is 0. The zero-order chi connectivity index (χ0) is 19.4. The fourth-order valence-electron chi connectivity index (χ4n) is 3.70. The summed E-state index contributed by atoms with van der Waals surface area (Å²) < 4.78 is 30.4. The summed E-state index contributed by atoms with van der Waals surface area (Å²) in [5, 5.41) is 0.505. The molecule has 1 aromatic heterocycles. The smallest absolute Gasteiger partial charge is 0.225 e. The fraction of sp³-hybridized carbons (Fsp3) is 0.667. The minimum atomic E-state index is -3.16. The number of piperidine rings is 2. The van der Waals surface area contributed by atoms with E-state index in [-0.39, 0.29) is 11.8 Å². The van der Waals surface area contributed by atoms with Gasteiger partial charge in [-0.2, -0.15) is 0 Å². The minimum Gasteiger partial charge on any atom is -0.492 e. The summed E-state index contributed by atoms with van der Waals surface area (Å²) in [7, 11) is -3.16. The summed E-state index contributed by atoms with van der Waals surface area (Å²) in [4.78, 5) is 18.6. The molecular formula is C18H26ClN3O4S. The number of amides is 1. The van der Waals surface area contributed by atoms with E-state index in [0.717, 1.165) is 25.9 Å². The third kappa shape index (κ3) is 5.33. The highest BCUT2D eigenvalue weighted by atomic mass is 35.5. The van der Waals surface area contributed by atoms with Crippen molar-refractivity contribution >= 4 is 27.5 Å². The standard InChI is InChI=1S/C18H26ClN3O4S/c1-27(24,25)22-10-5-15(6-11-22)18(23)21-8-3-14(4-9-21)13-26-17-2-7-20-12-16(17)19/h2,7,12,14-15H,3-6,8-11,13H2,1H3. The summed E-state index contributed by atoms with van der Waals surface area (Å²) in [6, 6.07) is 1.75. The minimum absolute atomic E-state index is 0.0635. The summed E-state index contributed by atoms with van der Waals surface area (Å²) >= 11 is 6.05. The first kappa shape index (κ1) is 20.4. The molecule has 7 nitrogen and oxygen atoms in total. The van der Waals surface area contributed by atoms with E-state index in [1.807, 2.05) is 4.90 Å². The molecule has 0 unspecified atom stereocenters. The van der Waals surface area contributed by atoms with Gasteiger partial charge >= 0.3 is 0 Å². The molecule has 0 atom stereocenters. The Morgan fingerprint density at radius 1 is 1.22 bits per heavy atom. The van der Waals surface area contributed by atoms with Crippen LogP contribution in [0.2, 0.25) is 5.02 Å². The van der Waals surface area contributed by atoms with Crippen molar-refractivity contribution in [3.05, 3.63) is 23.5 Å². The number of hydrogen-bond acceptors (Lipinski definition) is 5. The van der Waals surface area contributed by atoms with Crippen LogP contribution >= 0.6 is 11.6 Å². The van der Waals surface area contributed by atoms with Gasteiger partial charge in [0, 0.05) is 50.6 Å². The first-order chi connectivity index (χ1) is 12.8. The van der Waals surface area contributed by atoms with Crippen LogP contribution in [-0.2, 0) is 14.8 Å². The third-order valence-corrected chi connectivity index (χ3v) is 7.00. The number of rotatable bonds is 5. The maximum Gasteiger partial charge on any atom is 0.225 e.